The molecule has 8 nitrogen and oxygen atoms in total. The zero-order valence-corrected chi connectivity index (χ0v) is 18.6. The van der Waals surface area contributed by atoms with Gasteiger partial charge in [-0.2, -0.15) is 0 Å². The smallest absolute Gasteiger partial charge is 0.274 e. The third-order valence-corrected chi connectivity index (χ3v) is 8.63. The number of anilines is 1. The summed E-state index contributed by atoms with van der Waals surface area (Å²) in [5.74, 6) is -0.758. The van der Waals surface area contributed by atoms with Crippen LogP contribution < -0.4 is 15.8 Å². The van der Waals surface area contributed by atoms with Crippen LogP contribution >= 0.6 is 11.6 Å². The van der Waals surface area contributed by atoms with Gasteiger partial charge in [0, 0.05) is 40.8 Å². The monoisotopic (exact) mass is 466 g/mol. The highest BCUT2D eigenvalue weighted by atomic mass is 35.5. The molecule has 0 unspecified atom stereocenters. The Kier molecular flexibility index (Phi) is 5.71. The molecule has 4 rings (SSSR count). The van der Waals surface area contributed by atoms with Crippen LogP contribution in [0.25, 0.3) is 0 Å². The molecule has 0 spiro atoms. The zero-order valence-electron chi connectivity index (χ0n) is 16.9. The van der Waals surface area contributed by atoms with Crippen LogP contribution in [0.4, 0.5) is 10.1 Å². The zero-order chi connectivity index (χ0) is 22.2. The summed E-state index contributed by atoms with van der Waals surface area (Å²) in [5, 5.41) is 3.12. The molecule has 0 radical (unpaired) electrons. The van der Waals surface area contributed by atoms with Gasteiger partial charge in [-0.25, -0.2) is 19.1 Å². The van der Waals surface area contributed by atoms with Crippen molar-refractivity contribution in [3.8, 4) is 0 Å². The number of pyridine rings is 1. The summed E-state index contributed by atoms with van der Waals surface area (Å²) in [5.41, 5.74) is 5.75. The lowest BCUT2D eigenvalue weighted by atomic mass is 9.93. The second kappa shape index (κ2) is 8.18. The van der Waals surface area contributed by atoms with Crippen LogP contribution in [0.5, 0.6) is 0 Å². The number of aliphatic imine (C=N–C) groups is 1. The molecule has 0 aliphatic carbocycles. The molecule has 1 atom stereocenters. The van der Waals surface area contributed by atoms with Crippen LogP contribution in [-0.4, -0.2) is 44.2 Å². The molecule has 31 heavy (non-hydrogen) atoms. The van der Waals surface area contributed by atoms with Crippen molar-refractivity contribution in [1.82, 2.24) is 14.0 Å². The number of carbonyl (C=O) groups excluding carboxylic acids is 1. The van der Waals surface area contributed by atoms with Crippen molar-refractivity contribution in [3.63, 3.8) is 0 Å². The molecule has 2 aliphatic heterocycles. The molecule has 1 amide bonds. The number of rotatable bonds is 3. The molecule has 1 fully saturated rings. The molecule has 2 aliphatic rings. The number of halogens is 2. The van der Waals surface area contributed by atoms with Gasteiger partial charge in [0.05, 0.1) is 10.8 Å². The highest BCUT2D eigenvalue weighted by Gasteiger charge is 2.43. The van der Waals surface area contributed by atoms with E-state index in [4.69, 9.17) is 17.3 Å². The van der Waals surface area contributed by atoms with E-state index in [1.165, 1.54) is 30.5 Å². The molecule has 1 aromatic heterocycles. The topological polar surface area (TPSA) is 113 Å². The summed E-state index contributed by atoms with van der Waals surface area (Å²) in [4.78, 5) is 21.0. The predicted molar refractivity (Wildman–Crippen MR) is 121 cm³/mol. The highest BCUT2D eigenvalue weighted by Crippen LogP contribution is 2.37. The number of amides is 1. The number of benzene rings is 1. The Morgan fingerprint density at radius 1 is 1.35 bits per heavy atom. The SMILES string of the molecule is C[C@@]1(c2cc(NC(=O)c3ccc(Cl)cn3)ccc2F)C[SH]2(=O)NCCCCN2C(N)=N1. The van der Waals surface area contributed by atoms with Crippen molar-refractivity contribution >= 4 is 39.5 Å². The maximum absolute atomic E-state index is 14.9. The lowest BCUT2D eigenvalue weighted by Gasteiger charge is -2.45. The van der Waals surface area contributed by atoms with Crippen molar-refractivity contribution < 1.29 is 13.4 Å². The number of hydrogen-bond acceptors (Lipinski definition) is 5. The van der Waals surface area contributed by atoms with Gasteiger partial charge in [0.1, 0.15) is 17.1 Å². The Morgan fingerprint density at radius 2 is 2.16 bits per heavy atom. The Hall–Kier alpha value is -2.56. The summed E-state index contributed by atoms with van der Waals surface area (Å²) in [7, 11) is -3.07. The predicted octanol–water partition coefficient (Wildman–Crippen LogP) is 2.20. The van der Waals surface area contributed by atoms with Gasteiger partial charge in [-0.05, 0) is 50.1 Å². The van der Waals surface area contributed by atoms with E-state index >= 15 is 0 Å². The van der Waals surface area contributed by atoms with Crippen molar-refractivity contribution in [3.05, 3.63) is 58.6 Å². The van der Waals surface area contributed by atoms with Gasteiger partial charge >= 0.3 is 0 Å². The third-order valence-electron chi connectivity index (χ3n) is 5.46. The molecule has 4 N–H and O–H groups in total. The largest absolute Gasteiger partial charge is 0.369 e. The molecule has 2 aromatic rings. The van der Waals surface area contributed by atoms with Gasteiger partial charge in [0.2, 0.25) is 5.96 Å². The first-order valence-electron chi connectivity index (χ1n) is 9.91. The minimum atomic E-state index is -3.07. The lowest BCUT2D eigenvalue weighted by Crippen LogP contribution is -2.60. The second-order valence-corrected chi connectivity index (χ2v) is 10.8. The lowest BCUT2D eigenvalue weighted by molar-refractivity contribution is 0.102. The van der Waals surface area contributed by atoms with Crippen LogP contribution in [0.15, 0.2) is 41.5 Å². The first kappa shape index (κ1) is 21.7. The molecular formula is C20H24ClFN6O2S. The number of guanidine groups is 1. The molecule has 0 bridgehead atoms. The number of nitrogens with zero attached hydrogens (tertiary/aromatic N) is 3. The normalized spacial score (nSPS) is 23.8. The fourth-order valence-corrected chi connectivity index (χ4v) is 6.93. The van der Waals surface area contributed by atoms with Gasteiger partial charge < -0.3 is 11.1 Å². The second-order valence-electron chi connectivity index (χ2n) is 7.85. The Morgan fingerprint density at radius 3 is 2.90 bits per heavy atom. The van der Waals surface area contributed by atoms with Gasteiger partial charge in [0.15, 0.2) is 0 Å². The first-order valence-corrected chi connectivity index (χ1v) is 12.1. The van der Waals surface area contributed by atoms with Crippen LogP contribution in [0, 0.1) is 5.82 Å². The number of nitrogens with two attached hydrogens (primary N) is 1. The molecule has 1 aromatic carbocycles. The Labute approximate surface area is 185 Å². The van der Waals surface area contributed by atoms with Crippen LogP contribution in [0.2, 0.25) is 5.02 Å². The summed E-state index contributed by atoms with van der Waals surface area (Å²) in [6, 6.07) is 7.25. The van der Waals surface area contributed by atoms with E-state index in [2.05, 4.69) is 20.0 Å². The average Bonchev–Trinajstić information content (AvgIpc) is 2.91. The number of thiol groups is 1. The first-order chi connectivity index (χ1) is 14.7. The maximum atomic E-state index is 14.9. The van der Waals surface area contributed by atoms with E-state index in [-0.39, 0.29) is 23.0 Å². The summed E-state index contributed by atoms with van der Waals surface area (Å²) in [6.07, 6.45) is 3.09. The molecular weight excluding hydrogens is 443 g/mol. The van der Waals surface area contributed by atoms with Gasteiger partial charge in [-0.1, -0.05) is 11.6 Å². The van der Waals surface area contributed by atoms with E-state index in [9.17, 15) is 13.4 Å². The van der Waals surface area contributed by atoms with Crippen molar-refractivity contribution in [2.45, 2.75) is 25.3 Å². The van der Waals surface area contributed by atoms with E-state index in [1.807, 2.05) is 0 Å². The molecule has 1 saturated heterocycles. The standard InChI is InChI=1S/C20H24ClFN6O2S/c1-20(12-31(30)25-8-2-3-9-28(31)19(23)27-20)15-10-14(5-6-16(15)22)26-18(29)17-7-4-13(21)11-24-17/h4-7,10-11,31H,2-3,8-9,12H2,1H3,(H2,23,27)(H,25,30)(H,26,29)/t20-/m0/s1. The van der Waals surface area contributed by atoms with E-state index in [0.717, 1.165) is 12.8 Å². The minimum absolute atomic E-state index is 0.0910. The summed E-state index contributed by atoms with van der Waals surface area (Å²) < 4.78 is 33.3. The number of nitrogens with one attached hydrogen (secondary N) is 2. The van der Waals surface area contributed by atoms with Gasteiger partial charge in [-0.3, -0.25) is 13.3 Å². The van der Waals surface area contributed by atoms with Crippen molar-refractivity contribution in [2.24, 2.45) is 10.7 Å². The number of carbonyl (C=O) groups is 1. The highest BCUT2D eigenvalue weighted by molar-refractivity contribution is 7.99. The quantitative estimate of drug-likeness (QED) is 0.519. The van der Waals surface area contributed by atoms with Gasteiger partial charge in [0.25, 0.3) is 5.91 Å². The molecule has 11 heteroatoms. The van der Waals surface area contributed by atoms with Crippen LogP contribution in [0.3, 0.4) is 0 Å². The maximum Gasteiger partial charge on any atom is 0.274 e. The Bertz CT molecular complexity index is 1100. The minimum Gasteiger partial charge on any atom is -0.369 e. The van der Waals surface area contributed by atoms with Gasteiger partial charge in [-0.15, -0.1) is 0 Å². The van der Waals surface area contributed by atoms with E-state index < -0.39 is 27.6 Å². The average molecular weight is 467 g/mol. The fraction of sp³-hybridized carbons (Fsp3) is 0.350. The molecule has 0 saturated carbocycles. The molecule has 3 heterocycles. The van der Waals surface area contributed by atoms with Crippen molar-refractivity contribution in [1.29, 1.82) is 0 Å². The Balaban J connectivity index is 1.66. The third kappa shape index (κ3) is 4.28. The molecule has 166 valence electrons. The van der Waals surface area contributed by atoms with E-state index in [0.29, 0.717) is 23.8 Å². The summed E-state index contributed by atoms with van der Waals surface area (Å²) >= 11 is 5.81. The van der Waals surface area contributed by atoms with E-state index in [1.54, 1.807) is 17.3 Å². The number of aromatic nitrogens is 1. The fourth-order valence-electron chi connectivity index (χ4n) is 3.94. The number of hydrogen-bond donors (Lipinski definition) is 4. The van der Waals surface area contributed by atoms with Crippen LogP contribution in [-0.2, 0) is 15.8 Å². The number of fused-ring (bicyclic) bond motifs is 1. The van der Waals surface area contributed by atoms with Crippen LogP contribution in [0.1, 0.15) is 35.8 Å². The summed E-state index contributed by atoms with van der Waals surface area (Å²) in [6.45, 7) is 2.85. The van der Waals surface area contributed by atoms with Crippen molar-refractivity contribution in [2.75, 3.05) is 24.2 Å².